The van der Waals surface area contributed by atoms with Gasteiger partial charge in [0.2, 0.25) is 0 Å². The van der Waals surface area contributed by atoms with Gasteiger partial charge in [0.25, 0.3) is 0 Å². The van der Waals surface area contributed by atoms with Crippen molar-refractivity contribution < 1.29 is 4.74 Å². The molecule has 0 radical (unpaired) electrons. The van der Waals surface area contributed by atoms with Gasteiger partial charge in [0.15, 0.2) is 0 Å². The number of hydrogen-bond donors (Lipinski definition) is 1. The van der Waals surface area contributed by atoms with Gasteiger partial charge in [0.1, 0.15) is 0 Å². The van der Waals surface area contributed by atoms with Crippen LogP contribution in [0.1, 0.15) is 53.9 Å². The predicted octanol–water partition coefficient (Wildman–Crippen LogP) is 3.70. The molecule has 2 unspecified atom stereocenters. The number of rotatable bonds is 8. The minimum atomic E-state index is 0.279. The molecule has 1 aliphatic carbocycles. The summed E-state index contributed by atoms with van der Waals surface area (Å²) in [5, 5.41) is 3.79. The van der Waals surface area contributed by atoms with Crippen LogP contribution in [0.15, 0.2) is 0 Å². The first-order valence-corrected chi connectivity index (χ1v) is 8.58. The average molecular weight is 273 g/mol. The maximum atomic E-state index is 5.79. The van der Waals surface area contributed by atoms with Crippen LogP contribution in [-0.2, 0) is 4.74 Å². The van der Waals surface area contributed by atoms with Crippen LogP contribution < -0.4 is 5.32 Å². The zero-order valence-corrected chi connectivity index (χ0v) is 13.8. The second-order valence-electron chi connectivity index (χ2n) is 6.03. The lowest BCUT2D eigenvalue weighted by molar-refractivity contribution is -0.114. The Morgan fingerprint density at radius 3 is 2.28 bits per heavy atom. The zero-order valence-electron chi connectivity index (χ0n) is 13.0. The lowest BCUT2D eigenvalue weighted by atomic mass is 9.64. The number of ether oxygens (including phenoxy) is 1. The van der Waals surface area contributed by atoms with E-state index < -0.39 is 0 Å². The largest absolute Gasteiger partial charge is 0.378 e. The van der Waals surface area contributed by atoms with Crippen molar-refractivity contribution in [2.45, 2.75) is 70.8 Å². The van der Waals surface area contributed by atoms with E-state index in [0.717, 1.165) is 13.2 Å². The van der Waals surface area contributed by atoms with Crippen molar-refractivity contribution in [1.29, 1.82) is 0 Å². The van der Waals surface area contributed by atoms with Crippen molar-refractivity contribution in [3.8, 4) is 0 Å². The minimum absolute atomic E-state index is 0.279. The highest BCUT2D eigenvalue weighted by Crippen LogP contribution is 2.43. The van der Waals surface area contributed by atoms with Gasteiger partial charge in [-0.2, -0.15) is 11.8 Å². The Kier molecular flexibility index (Phi) is 6.01. The molecule has 0 heterocycles. The lowest BCUT2D eigenvalue weighted by Gasteiger charge is -2.52. The maximum absolute atomic E-state index is 5.79. The van der Waals surface area contributed by atoms with Crippen LogP contribution in [0.25, 0.3) is 0 Å². The summed E-state index contributed by atoms with van der Waals surface area (Å²) in [4.78, 5) is 0. The van der Waals surface area contributed by atoms with Gasteiger partial charge < -0.3 is 10.1 Å². The fraction of sp³-hybridized carbons (Fsp3) is 1.00. The van der Waals surface area contributed by atoms with Gasteiger partial charge in [-0.1, -0.05) is 27.7 Å². The Bertz CT molecular complexity index is 243. The number of hydrogen-bond acceptors (Lipinski definition) is 3. The van der Waals surface area contributed by atoms with Gasteiger partial charge in [-0.25, -0.2) is 0 Å². The molecule has 2 atom stereocenters. The molecule has 0 bridgehead atoms. The summed E-state index contributed by atoms with van der Waals surface area (Å²) in [7, 11) is 0. The van der Waals surface area contributed by atoms with Crippen LogP contribution in [0.4, 0.5) is 0 Å². The van der Waals surface area contributed by atoms with Gasteiger partial charge in [0, 0.05) is 29.4 Å². The standard InChI is InChI=1S/C15H31NOS/c1-7-15(8-2,18-6)11-16-12-10-13(17-9-3)14(12,4)5/h12-13,16H,7-11H2,1-6H3. The molecule has 0 aromatic rings. The van der Waals surface area contributed by atoms with E-state index in [9.17, 15) is 0 Å². The Labute approximate surface area is 118 Å². The molecule has 0 spiro atoms. The predicted molar refractivity (Wildman–Crippen MR) is 82.4 cm³/mol. The molecule has 0 aromatic heterocycles. The quantitative estimate of drug-likeness (QED) is 0.728. The van der Waals surface area contributed by atoms with E-state index >= 15 is 0 Å². The van der Waals surface area contributed by atoms with Gasteiger partial charge in [-0.05, 0) is 32.4 Å². The molecular formula is C15H31NOS. The normalized spacial score (nSPS) is 27.0. The third-order valence-electron chi connectivity index (χ3n) is 4.94. The van der Waals surface area contributed by atoms with Crippen LogP contribution in [0.2, 0.25) is 0 Å². The van der Waals surface area contributed by atoms with E-state index in [2.05, 4.69) is 46.2 Å². The van der Waals surface area contributed by atoms with Crippen molar-refractivity contribution in [2.75, 3.05) is 19.4 Å². The van der Waals surface area contributed by atoms with Gasteiger partial charge in [-0.3, -0.25) is 0 Å². The molecule has 1 N–H and O–H groups in total. The highest BCUT2D eigenvalue weighted by atomic mass is 32.2. The molecule has 1 fully saturated rings. The van der Waals surface area contributed by atoms with Crippen LogP contribution in [0.3, 0.4) is 0 Å². The molecule has 0 saturated heterocycles. The molecule has 0 aliphatic heterocycles. The summed E-state index contributed by atoms with van der Waals surface area (Å²) in [6, 6.07) is 0.610. The Balaban J connectivity index is 2.46. The third-order valence-corrected chi connectivity index (χ3v) is 6.53. The van der Waals surface area contributed by atoms with Gasteiger partial charge in [-0.15, -0.1) is 0 Å². The second-order valence-corrected chi connectivity index (χ2v) is 7.30. The second kappa shape index (κ2) is 6.62. The Morgan fingerprint density at radius 2 is 1.89 bits per heavy atom. The van der Waals surface area contributed by atoms with Gasteiger partial charge in [0.05, 0.1) is 6.10 Å². The highest BCUT2D eigenvalue weighted by molar-refractivity contribution is 8.00. The van der Waals surface area contributed by atoms with Gasteiger partial charge >= 0.3 is 0 Å². The van der Waals surface area contributed by atoms with Crippen molar-refractivity contribution in [2.24, 2.45) is 5.41 Å². The average Bonchev–Trinajstić information content (AvgIpc) is 2.38. The summed E-state index contributed by atoms with van der Waals surface area (Å²) in [5.74, 6) is 0. The Hall–Kier alpha value is 0.270. The molecule has 3 heteroatoms. The van der Waals surface area contributed by atoms with E-state index in [0.29, 0.717) is 16.9 Å². The van der Waals surface area contributed by atoms with Crippen molar-refractivity contribution in [3.05, 3.63) is 0 Å². The van der Waals surface area contributed by atoms with Crippen molar-refractivity contribution in [3.63, 3.8) is 0 Å². The molecule has 1 aliphatic rings. The maximum Gasteiger partial charge on any atom is 0.0655 e. The lowest BCUT2D eigenvalue weighted by Crippen LogP contribution is -2.62. The molecule has 0 aromatic carbocycles. The van der Waals surface area contributed by atoms with Crippen LogP contribution in [0, 0.1) is 5.41 Å². The monoisotopic (exact) mass is 273 g/mol. The number of thioether (sulfide) groups is 1. The van der Waals surface area contributed by atoms with E-state index in [-0.39, 0.29) is 5.41 Å². The van der Waals surface area contributed by atoms with E-state index in [1.807, 2.05) is 11.8 Å². The molecule has 0 amide bonds. The highest BCUT2D eigenvalue weighted by Gasteiger charge is 2.49. The minimum Gasteiger partial charge on any atom is -0.378 e. The smallest absolute Gasteiger partial charge is 0.0655 e. The third kappa shape index (κ3) is 3.23. The SMILES string of the molecule is CCOC1CC(NCC(CC)(CC)SC)C1(C)C. The number of nitrogens with one attached hydrogen (secondary N) is 1. The molecule has 2 nitrogen and oxygen atoms in total. The molecular weight excluding hydrogens is 242 g/mol. The van der Waals surface area contributed by atoms with E-state index in [4.69, 9.17) is 4.74 Å². The summed E-state index contributed by atoms with van der Waals surface area (Å²) in [6.07, 6.45) is 6.31. The summed E-state index contributed by atoms with van der Waals surface area (Å²) in [6.45, 7) is 13.3. The summed E-state index contributed by atoms with van der Waals surface area (Å²) in [5.41, 5.74) is 0.279. The molecule has 108 valence electrons. The van der Waals surface area contributed by atoms with Crippen molar-refractivity contribution in [1.82, 2.24) is 5.32 Å². The zero-order chi connectivity index (χ0) is 13.8. The first-order valence-electron chi connectivity index (χ1n) is 7.35. The fourth-order valence-electron chi connectivity index (χ4n) is 2.89. The first-order chi connectivity index (χ1) is 8.45. The van der Waals surface area contributed by atoms with Crippen molar-refractivity contribution >= 4 is 11.8 Å². The molecule has 1 saturated carbocycles. The van der Waals surface area contributed by atoms with E-state index in [1.165, 1.54) is 19.3 Å². The molecule has 1 rings (SSSR count). The summed E-state index contributed by atoms with van der Waals surface area (Å²) < 4.78 is 6.20. The first kappa shape index (κ1) is 16.3. The fourth-order valence-corrected chi connectivity index (χ4v) is 3.69. The van der Waals surface area contributed by atoms with E-state index in [1.54, 1.807) is 0 Å². The molecule has 18 heavy (non-hydrogen) atoms. The van der Waals surface area contributed by atoms with Crippen LogP contribution in [0.5, 0.6) is 0 Å². The summed E-state index contributed by atoms with van der Waals surface area (Å²) >= 11 is 2.01. The Morgan fingerprint density at radius 1 is 1.28 bits per heavy atom. The van der Waals surface area contributed by atoms with Crippen LogP contribution >= 0.6 is 11.8 Å². The topological polar surface area (TPSA) is 21.3 Å². The van der Waals surface area contributed by atoms with Crippen LogP contribution in [-0.4, -0.2) is 36.3 Å².